The van der Waals surface area contributed by atoms with E-state index in [2.05, 4.69) is 76.6 Å². The van der Waals surface area contributed by atoms with Crippen LogP contribution in [0.5, 0.6) is 17.2 Å². The lowest BCUT2D eigenvalue weighted by atomic mass is 9.96. The average Bonchev–Trinajstić information content (AvgIpc) is 3.68. The van der Waals surface area contributed by atoms with Crippen LogP contribution < -0.4 is 14.2 Å². The van der Waals surface area contributed by atoms with Crippen molar-refractivity contribution in [2.45, 2.75) is 13.0 Å². The van der Waals surface area contributed by atoms with Crippen LogP contribution in [0.4, 0.5) is 0 Å². The molecule has 2 aromatic heterocycles. The van der Waals surface area contributed by atoms with Crippen LogP contribution in [0.2, 0.25) is 0 Å². The number of para-hydroxylation sites is 1. The molecule has 0 aliphatic carbocycles. The number of fused-ring (bicyclic) bond motifs is 1. The predicted molar refractivity (Wildman–Crippen MR) is 178 cm³/mol. The SMILES string of the molecule is CO/C(=C\c1ccc(OC)cc1)c1[nH]c2ccccc2c1-c1cn(CCc2ccc(OC)cc2)cc1-c1ccc(OC)cc1. The van der Waals surface area contributed by atoms with E-state index in [0.29, 0.717) is 0 Å². The van der Waals surface area contributed by atoms with E-state index in [-0.39, 0.29) is 0 Å². The maximum Gasteiger partial charge on any atom is 0.143 e. The number of aryl methyl sites for hydroxylation is 2. The van der Waals surface area contributed by atoms with Crippen molar-refractivity contribution in [2.75, 3.05) is 28.4 Å². The van der Waals surface area contributed by atoms with Gasteiger partial charge in [0.05, 0.1) is 34.1 Å². The van der Waals surface area contributed by atoms with Crippen LogP contribution in [0.15, 0.2) is 109 Å². The fourth-order valence-electron chi connectivity index (χ4n) is 5.58. The minimum Gasteiger partial charge on any atom is -0.497 e. The van der Waals surface area contributed by atoms with Gasteiger partial charge >= 0.3 is 0 Å². The smallest absolute Gasteiger partial charge is 0.143 e. The number of ether oxygens (including phenoxy) is 4. The number of nitrogens with zero attached hydrogens (tertiary/aromatic N) is 1. The maximum absolute atomic E-state index is 6.06. The first-order valence-corrected chi connectivity index (χ1v) is 14.6. The average molecular weight is 585 g/mol. The second kappa shape index (κ2) is 12.9. The Labute approximate surface area is 258 Å². The number of hydrogen-bond donors (Lipinski definition) is 1. The molecule has 2 heterocycles. The minimum atomic E-state index is 0.744. The Morgan fingerprint density at radius 2 is 1.27 bits per heavy atom. The zero-order valence-corrected chi connectivity index (χ0v) is 25.5. The lowest BCUT2D eigenvalue weighted by Gasteiger charge is -2.11. The number of methoxy groups -OCH3 is 4. The summed E-state index contributed by atoms with van der Waals surface area (Å²) in [6, 6.07) is 32.9. The van der Waals surface area contributed by atoms with Crippen LogP contribution >= 0.6 is 0 Å². The fraction of sp³-hybridized carbons (Fsp3) is 0.158. The first-order valence-electron chi connectivity index (χ1n) is 14.6. The molecule has 0 spiro atoms. The number of benzene rings is 4. The zero-order chi connectivity index (χ0) is 30.5. The Kier molecular flexibility index (Phi) is 8.41. The van der Waals surface area contributed by atoms with E-state index < -0.39 is 0 Å². The first kappa shape index (κ1) is 28.7. The molecular formula is C38H36N2O4. The maximum atomic E-state index is 6.06. The normalized spacial score (nSPS) is 11.5. The molecule has 0 bridgehead atoms. The number of hydrogen-bond acceptors (Lipinski definition) is 4. The number of aromatic nitrogens is 2. The Hall–Kier alpha value is -5.36. The largest absolute Gasteiger partial charge is 0.497 e. The van der Waals surface area contributed by atoms with E-state index in [9.17, 15) is 0 Å². The Balaban J connectivity index is 1.48. The quantitative estimate of drug-likeness (QED) is 0.155. The topological polar surface area (TPSA) is 57.6 Å². The van der Waals surface area contributed by atoms with Crippen molar-refractivity contribution >= 4 is 22.7 Å². The lowest BCUT2D eigenvalue weighted by molar-refractivity contribution is 0.371. The highest BCUT2D eigenvalue weighted by atomic mass is 16.5. The molecule has 6 rings (SSSR count). The van der Waals surface area contributed by atoms with Gasteiger partial charge in [-0.2, -0.15) is 0 Å². The van der Waals surface area contributed by atoms with Gasteiger partial charge in [0.15, 0.2) is 0 Å². The molecule has 0 saturated heterocycles. The molecule has 0 fully saturated rings. The van der Waals surface area contributed by atoms with Crippen LogP contribution in [-0.4, -0.2) is 38.0 Å². The summed E-state index contributed by atoms with van der Waals surface area (Å²) in [5, 5.41) is 1.13. The van der Waals surface area contributed by atoms with Gasteiger partial charge in [-0.1, -0.05) is 54.6 Å². The molecule has 6 heteroatoms. The third-order valence-electron chi connectivity index (χ3n) is 7.95. The van der Waals surface area contributed by atoms with Gasteiger partial charge in [-0.05, 0) is 71.7 Å². The van der Waals surface area contributed by atoms with Gasteiger partial charge in [0, 0.05) is 46.5 Å². The zero-order valence-electron chi connectivity index (χ0n) is 25.5. The van der Waals surface area contributed by atoms with Crippen LogP contribution in [0.25, 0.3) is 45.0 Å². The highest BCUT2D eigenvalue weighted by Crippen LogP contribution is 2.42. The van der Waals surface area contributed by atoms with Crippen molar-refractivity contribution in [3.63, 3.8) is 0 Å². The van der Waals surface area contributed by atoms with Crippen molar-refractivity contribution in [1.29, 1.82) is 0 Å². The highest BCUT2D eigenvalue weighted by Gasteiger charge is 2.22. The molecule has 0 atom stereocenters. The van der Waals surface area contributed by atoms with Crippen LogP contribution in [0, 0.1) is 0 Å². The molecule has 0 radical (unpaired) electrons. The first-order chi connectivity index (χ1) is 21.6. The van der Waals surface area contributed by atoms with Gasteiger partial charge in [0.25, 0.3) is 0 Å². The summed E-state index contributed by atoms with van der Waals surface area (Å²) in [7, 11) is 6.77. The van der Waals surface area contributed by atoms with Gasteiger partial charge in [0.1, 0.15) is 23.0 Å². The number of rotatable bonds is 11. The van der Waals surface area contributed by atoms with E-state index >= 15 is 0 Å². The molecule has 0 aliphatic rings. The molecule has 1 N–H and O–H groups in total. The molecular weight excluding hydrogens is 548 g/mol. The van der Waals surface area contributed by atoms with Gasteiger partial charge in [0.2, 0.25) is 0 Å². The Morgan fingerprint density at radius 1 is 0.682 bits per heavy atom. The summed E-state index contributed by atoms with van der Waals surface area (Å²) in [6.45, 7) is 0.825. The predicted octanol–water partition coefficient (Wildman–Crippen LogP) is 8.72. The van der Waals surface area contributed by atoms with E-state index in [4.69, 9.17) is 18.9 Å². The third kappa shape index (κ3) is 5.92. The summed E-state index contributed by atoms with van der Waals surface area (Å²) in [6.07, 6.45) is 7.44. The molecule has 0 amide bonds. The van der Waals surface area contributed by atoms with E-state index in [1.165, 1.54) is 5.56 Å². The number of nitrogens with one attached hydrogen (secondary N) is 1. The van der Waals surface area contributed by atoms with Crippen molar-refractivity contribution in [3.05, 3.63) is 126 Å². The van der Waals surface area contributed by atoms with Gasteiger partial charge in [-0.3, -0.25) is 0 Å². The summed E-state index contributed by atoms with van der Waals surface area (Å²) >= 11 is 0. The third-order valence-corrected chi connectivity index (χ3v) is 7.95. The lowest BCUT2D eigenvalue weighted by Crippen LogP contribution is -1.98. The molecule has 6 aromatic rings. The van der Waals surface area contributed by atoms with E-state index in [1.807, 2.05) is 48.5 Å². The molecule has 222 valence electrons. The Morgan fingerprint density at radius 3 is 1.91 bits per heavy atom. The van der Waals surface area contributed by atoms with Crippen molar-refractivity contribution in [3.8, 4) is 39.5 Å². The standard InChI is InChI=1S/C38H36N2O4/c1-41-29-15-9-26(10-16-29)21-22-40-24-33(28-13-19-31(43-3)20-14-28)34(25-40)37-32-7-5-6-8-35(32)39-38(37)36(44-4)23-27-11-17-30(42-2)18-12-27/h5-20,23-25,39H,21-22H2,1-4H3/b36-23-. The second-order valence-corrected chi connectivity index (χ2v) is 10.6. The summed E-state index contributed by atoms with van der Waals surface area (Å²) < 4.78 is 24.5. The number of H-pyrrole nitrogens is 1. The van der Waals surface area contributed by atoms with Crippen molar-refractivity contribution in [2.24, 2.45) is 0 Å². The van der Waals surface area contributed by atoms with Gasteiger partial charge in [-0.25, -0.2) is 0 Å². The van der Waals surface area contributed by atoms with Crippen LogP contribution in [-0.2, 0) is 17.7 Å². The monoisotopic (exact) mass is 584 g/mol. The Bertz CT molecular complexity index is 1880. The molecule has 6 nitrogen and oxygen atoms in total. The van der Waals surface area contributed by atoms with E-state index in [1.54, 1.807) is 28.4 Å². The highest BCUT2D eigenvalue weighted by molar-refractivity contribution is 6.05. The van der Waals surface area contributed by atoms with Crippen molar-refractivity contribution in [1.82, 2.24) is 9.55 Å². The fourth-order valence-corrected chi connectivity index (χ4v) is 5.58. The minimum absolute atomic E-state index is 0.744. The van der Waals surface area contributed by atoms with Gasteiger partial charge in [-0.15, -0.1) is 0 Å². The summed E-state index contributed by atoms with van der Waals surface area (Å²) in [5.74, 6) is 3.24. The molecule has 44 heavy (non-hydrogen) atoms. The van der Waals surface area contributed by atoms with Crippen LogP contribution in [0.1, 0.15) is 16.8 Å². The molecule has 0 unspecified atom stereocenters. The molecule has 0 aliphatic heterocycles. The van der Waals surface area contributed by atoms with Crippen LogP contribution in [0.3, 0.4) is 0 Å². The molecule has 0 saturated carbocycles. The summed E-state index contributed by atoms with van der Waals surface area (Å²) in [5.41, 5.74) is 8.69. The number of aromatic amines is 1. The second-order valence-electron chi connectivity index (χ2n) is 10.6. The molecule has 4 aromatic carbocycles. The van der Waals surface area contributed by atoms with Crippen molar-refractivity contribution < 1.29 is 18.9 Å². The van der Waals surface area contributed by atoms with Gasteiger partial charge < -0.3 is 28.5 Å². The summed E-state index contributed by atoms with van der Waals surface area (Å²) in [4.78, 5) is 3.67. The van der Waals surface area contributed by atoms with E-state index in [0.717, 1.165) is 80.4 Å².